The van der Waals surface area contributed by atoms with Crippen LogP contribution in [0.4, 0.5) is 4.79 Å². The number of aliphatic hydroxyl groups is 1. The van der Waals surface area contributed by atoms with Crippen LogP contribution in [0.2, 0.25) is 0 Å². The Balaban J connectivity index is 2.17. The Hall–Kier alpha value is -1.55. The molecule has 1 aliphatic heterocycles. The van der Waals surface area contributed by atoms with Gasteiger partial charge in [0.2, 0.25) is 0 Å². The van der Waals surface area contributed by atoms with Gasteiger partial charge in [-0.3, -0.25) is 0 Å². The number of amides is 1. The molecule has 2 atom stereocenters. The molecule has 1 amide bonds. The summed E-state index contributed by atoms with van der Waals surface area (Å²) in [5.74, 6) is 0.415. The van der Waals surface area contributed by atoms with Crippen LogP contribution in [-0.2, 0) is 11.2 Å². The molecule has 2 rings (SSSR count). The minimum absolute atomic E-state index is 0.207. The molecule has 2 unspecified atom stereocenters. The van der Waals surface area contributed by atoms with Crippen molar-refractivity contribution in [3.05, 3.63) is 35.9 Å². The second-order valence-corrected chi connectivity index (χ2v) is 8.19. The summed E-state index contributed by atoms with van der Waals surface area (Å²) in [5.41, 5.74) is 0.494. The van der Waals surface area contributed by atoms with Crippen molar-refractivity contribution in [1.29, 1.82) is 0 Å². The Morgan fingerprint density at radius 1 is 1.33 bits per heavy atom. The summed E-state index contributed by atoms with van der Waals surface area (Å²) in [7, 11) is 0. The van der Waals surface area contributed by atoms with E-state index in [1.54, 1.807) is 0 Å². The first-order chi connectivity index (χ1) is 11.2. The second kappa shape index (κ2) is 7.56. The molecule has 0 radical (unpaired) electrons. The van der Waals surface area contributed by atoms with Crippen LogP contribution < -0.4 is 0 Å². The van der Waals surface area contributed by atoms with Crippen molar-refractivity contribution in [3.63, 3.8) is 0 Å². The Bertz CT molecular complexity index is 538. The second-order valence-electron chi connectivity index (χ2n) is 8.19. The fourth-order valence-electron chi connectivity index (χ4n) is 3.66. The molecular formula is C20H31NO3. The van der Waals surface area contributed by atoms with Gasteiger partial charge in [0.25, 0.3) is 0 Å². The number of ether oxygens (including phenoxy) is 1. The summed E-state index contributed by atoms with van der Waals surface area (Å²) in [6.07, 6.45) is 3.27. The Morgan fingerprint density at radius 2 is 2.00 bits per heavy atom. The Kier molecular flexibility index (Phi) is 5.92. The molecule has 0 bridgehead atoms. The Labute approximate surface area is 145 Å². The van der Waals surface area contributed by atoms with Gasteiger partial charge < -0.3 is 14.7 Å². The third-order valence-corrected chi connectivity index (χ3v) is 4.63. The van der Waals surface area contributed by atoms with Gasteiger partial charge in [0, 0.05) is 18.7 Å². The lowest BCUT2D eigenvalue weighted by Crippen LogP contribution is -2.48. The molecule has 1 aromatic rings. The molecule has 1 saturated heterocycles. The molecule has 1 heterocycles. The predicted molar refractivity (Wildman–Crippen MR) is 95.9 cm³/mol. The van der Waals surface area contributed by atoms with Gasteiger partial charge in [-0.1, -0.05) is 30.3 Å². The first-order valence-electron chi connectivity index (χ1n) is 8.89. The third-order valence-electron chi connectivity index (χ3n) is 4.63. The van der Waals surface area contributed by atoms with Crippen molar-refractivity contribution >= 4 is 6.09 Å². The summed E-state index contributed by atoms with van der Waals surface area (Å²) in [6.45, 7) is 8.77. The molecule has 0 spiro atoms. The van der Waals surface area contributed by atoms with Crippen LogP contribution in [-0.4, -0.2) is 40.4 Å². The van der Waals surface area contributed by atoms with Crippen molar-refractivity contribution < 1.29 is 14.6 Å². The quantitative estimate of drug-likeness (QED) is 0.885. The highest BCUT2D eigenvalue weighted by Gasteiger charge is 2.45. The summed E-state index contributed by atoms with van der Waals surface area (Å²) < 4.78 is 5.65. The minimum atomic E-state index is -0.492. The molecule has 134 valence electrons. The zero-order valence-corrected chi connectivity index (χ0v) is 15.4. The molecule has 1 N–H and O–H groups in total. The molecular weight excluding hydrogens is 302 g/mol. The molecule has 1 fully saturated rings. The lowest BCUT2D eigenvalue weighted by atomic mass is 9.86. The highest BCUT2D eigenvalue weighted by Crippen LogP contribution is 2.38. The van der Waals surface area contributed by atoms with E-state index in [4.69, 9.17) is 9.84 Å². The first kappa shape index (κ1) is 18.8. The lowest BCUT2D eigenvalue weighted by Gasteiger charge is -2.36. The molecule has 0 saturated carbocycles. The van der Waals surface area contributed by atoms with Crippen molar-refractivity contribution in [3.8, 4) is 0 Å². The number of hydrogen-bond acceptors (Lipinski definition) is 3. The summed E-state index contributed by atoms with van der Waals surface area (Å²) in [5, 5.41) is 9.11. The van der Waals surface area contributed by atoms with E-state index in [9.17, 15) is 4.79 Å². The zero-order chi connectivity index (χ0) is 17.8. The van der Waals surface area contributed by atoms with Crippen LogP contribution >= 0.6 is 0 Å². The average Bonchev–Trinajstić information content (AvgIpc) is 2.81. The van der Waals surface area contributed by atoms with Crippen LogP contribution in [0.25, 0.3) is 0 Å². The number of carbonyl (C=O) groups excluding carboxylic acids is 1. The molecule has 4 heteroatoms. The monoisotopic (exact) mass is 333 g/mol. The van der Waals surface area contributed by atoms with E-state index in [2.05, 4.69) is 19.1 Å². The van der Waals surface area contributed by atoms with Crippen LogP contribution in [0.15, 0.2) is 30.3 Å². The van der Waals surface area contributed by atoms with Crippen LogP contribution in [0.5, 0.6) is 0 Å². The number of nitrogens with zero attached hydrogens (tertiary/aromatic N) is 1. The van der Waals surface area contributed by atoms with Crippen molar-refractivity contribution in [1.82, 2.24) is 4.90 Å². The molecule has 1 aliphatic rings. The summed E-state index contributed by atoms with van der Waals surface area (Å²) >= 11 is 0. The fourth-order valence-corrected chi connectivity index (χ4v) is 3.66. The van der Waals surface area contributed by atoms with E-state index in [0.29, 0.717) is 12.5 Å². The van der Waals surface area contributed by atoms with Crippen molar-refractivity contribution in [2.24, 2.45) is 5.92 Å². The lowest BCUT2D eigenvalue weighted by molar-refractivity contribution is 0.0105. The van der Waals surface area contributed by atoms with Gasteiger partial charge in [-0.05, 0) is 64.9 Å². The molecule has 1 aromatic carbocycles. The van der Waals surface area contributed by atoms with Crippen LogP contribution in [0.3, 0.4) is 0 Å². The number of aliphatic hydroxyl groups excluding tert-OH is 1. The van der Waals surface area contributed by atoms with Gasteiger partial charge in [0.15, 0.2) is 0 Å². The predicted octanol–water partition coefficient (Wildman–Crippen LogP) is 4.02. The highest BCUT2D eigenvalue weighted by atomic mass is 16.6. The van der Waals surface area contributed by atoms with E-state index in [-0.39, 0.29) is 18.2 Å². The number of likely N-dealkylation sites (tertiary alicyclic amines) is 1. The maximum atomic E-state index is 12.7. The topological polar surface area (TPSA) is 49.8 Å². The fraction of sp³-hybridized carbons (Fsp3) is 0.650. The molecule has 24 heavy (non-hydrogen) atoms. The first-order valence-corrected chi connectivity index (χ1v) is 8.89. The van der Waals surface area contributed by atoms with Gasteiger partial charge in [-0.2, -0.15) is 0 Å². The van der Waals surface area contributed by atoms with Gasteiger partial charge in [-0.25, -0.2) is 4.79 Å². The Morgan fingerprint density at radius 3 is 2.58 bits per heavy atom. The van der Waals surface area contributed by atoms with Gasteiger partial charge in [-0.15, -0.1) is 0 Å². The van der Waals surface area contributed by atoms with Gasteiger partial charge in [0.05, 0.1) is 0 Å². The highest BCUT2D eigenvalue weighted by molar-refractivity contribution is 5.69. The molecule has 0 aromatic heterocycles. The third kappa shape index (κ3) is 4.97. The maximum absolute atomic E-state index is 12.7. The minimum Gasteiger partial charge on any atom is -0.444 e. The van der Waals surface area contributed by atoms with E-state index in [0.717, 1.165) is 25.7 Å². The van der Waals surface area contributed by atoms with Gasteiger partial charge >= 0.3 is 6.09 Å². The van der Waals surface area contributed by atoms with Gasteiger partial charge in [0.1, 0.15) is 5.60 Å². The molecule has 4 nitrogen and oxygen atoms in total. The summed E-state index contributed by atoms with van der Waals surface area (Å²) in [4.78, 5) is 14.7. The van der Waals surface area contributed by atoms with E-state index < -0.39 is 5.60 Å². The van der Waals surface area contributed by atoms with Crippen molar-refractivity contribution in [2.45, 2.75) is 64.5 Å². The van der Waals surface area contributed by atoms with Crippen molar-refractivity contribution in [2.75, 3.05) is 13.2 Å². The molecule has 0 aliphatic carbocycles. The number of hydrogen-bond donors (Lipinski definition) is 1. The van der Waals surface area contributed by atoms with E-state index in [1.807, 2.05) is 43.9 Å². The normalized spacial score (nSPS) is 24.2. The largest absolute Gasteiger partial charge is 0.444 e. The number of carbonyl (C=O) groups is 1. The standard InChI is InChI=1S/C20H31NO3/c1-19(2,3)24-18(23)21-15-17(11-8-12-22)14-20(21,4)13-16-9-6-5-7-10-16/h5-7,9-10,17,22H,8,11-15H2,1-4H3. The average molecular weight is 333 g/mol. The summed E-state index contributed by atoms with van der Waals surface area (Å²) in [6, 6.07) is 10.3. The van der Waals surface area contributed by atoms with Crippen LogP contribution in [0.1, 0.15) is 52.5 Å². The van der Waals surface area contributed by atoms with E-state index >= 15 is 0 Å². The van der Waals surface area contributed by atoms with Crippen LogP contribution in [0, 0.1) is 5.92 Å². The van der Waals surface area contributed by atoms with E-state index in [1.165, 1.54) is 5.56 Å². The zero-order valence-electron chi connectivity index (χ0n) is 15.4. The smallest absolute Gasteiger partial charge is 0.410 e. The maximum Gasteiger partial charge on any atom is 0.410 e. The number of benzene rings is 1. The number of rotatable bonds is 5. The SMILES string of the molecule is CC(C)(C)OC(=O)N1CC(CCCO)CC1(C)Cc1ccccc1.